The average molecular weight is 149 g/mol. The molecule has 0 aromatic rings. The number of aliphatic hydroxyl groups excluding tert-OH is 1. The fourth-order valence-corrected chi connectivity index (χ4v) is 0.545. The SMILES string of the molecule is CCCOC(CO)CON. The monoisotopic (exact) mass is 149 g/mol. The molecule has 0 rings (SSSR count). The summed E-state index contributed by atoms with van der Waals surface area (Å²) in [6.45, 7) is 2.83. The largest absolute Gasteiger partial charge is 0.394 e. The van der Waals surface area contributed by atoms with Crippen molar-refractivity contribution >= 4 is 0 Å². The van der Waals surface area contributed by atoms with E-state index in [-0.39, 0.29) is 19.3 Å². The minimum atomic E-state index is -0.273. The Morgan fingerprint density at radius 2 is 2.30 bits per heavy atom. The van der Waals surface area contributed by atoms with Crippen LogP contribution in [0.4, 0.5) is 0 Å². The first-order valence-corrected chi connectivity index (χ1v) is 3.39. The molecule has 0 saturated heterocycles. The molecule has 4 nitrogen and oxygen atoms in total. The molecule has 0 saturated carbocycles. The van der Waals surface area contributed by atoms with E-state index >= 15 is 0 Å². The summed E-state index contributed by atoms with van der Waals surface area (Å²) in [4.78, 5) is 4.31. The zero-order valence-electron chi connectivity index (χ0n) is 6.25. The highest BCUT2D eigenvalue weighted by Gasteiger charge is 2.05. The van der Waals surface area contributed by atoms with Gasteiger partial charge in [-0.3, -0.25) is 0 Å². The molecule has 1 unspecified atom stereocenters. The average Bonchev–Trinajstić information content (AvgIpc) is 1.98. The lowest BCUT2D eigenvalue weighted by atomic mass is 10.4. The fourth-order valence-electron chi connectivity index (χ4n) is 0.545. The van der Waals surface area contributed by atoms with Gasteiger partial charge < -0.3 is 14.7 Å². The molecule has 0 fully saturated rings. The lowest BCUT2D eigenvalue weighted by Gasteiger charge is -2.12. The number of hydrogen-bond acceptors (Lipinski definition) is 4. The highest BCUT2D eigenvalue weighted by molar-refractivity contribution is 4.51. The van der Waals surface area contributed by atoms with Gasteiger partial charge in [0.2, 0.25) is 0 Å². The molecule has 10 heavy (non-hydrogen) atoms. The number of nitrogens with two attached hydrogens (primary N) is 1. The molecule has 4 heteroatoms. The summed E-state index contributed by atoms with van der Waals surface area (Å²) in [5.41, 5.74) is 0. The molecule has 0 aliphatic rings. The Balaban J connectivity index is 3.21. The molecular weight excluding hydrogens is 134 g/mol. The van der Waals surface area contributed by atoms with E-state index in [1.54, 1.807) is 0 Å². The summed E-state index contributed by atoms with van der Waals surface area (Å²) in [6, 6.07) is 0. The van der Waals surface area contributed by atoms with Crippen LogP contribution in [0.2, 0.25) is 0 Å². The quantitative estimate of drug-likeness (QED) is 0.507. The molecule has 3 N–H and O–H groups in total. The maximum atomic E-state index is 8.62. The predicted molar refractivity (Wildman–Crippen MR) is 37.3 cm³/mol. The zero-order valence-corrected chi connectivity index (χ0v) is 6.25. The van der Waals surface area contributed by atoms with Gasteiger partial charge in [0, 0.05) is 6.61 Å². The van der Waals surface area contributed by atoms with Crippen molar-refractivity contribution in [2.45, 2.75) is 19.4 Å². The van der Waals surface area contributed by atoms with E-state index in [4.69, 9.17) is 15.7 Å². The van der Waals surface area contributed by atoms with E-state index < -0.39 is 0 Å². The van der Waals surface area contributed by atoms with Crippen molar-refractivity contribution in [3.63, 3.8) is 0 Å². The molecule has 0 bridgehead atoms. The molecule has 0 aliphatic carbocycles. The van der Waals surface area contributed by atoms with Crippen LogP contribution in [0.3, 0.4) is 0 Å². The summed E-state index contributed by atoms with van der Waals surface area (Å²) >= 11 is 0. The topological polar surface area (TPSA) is 64.7 Å². The van der Waals surface area contributed by atoms with Gasteiger partial charge in [-0.05, 0) is 6.42 Å². The van der Waals surface area contributed by atoms with Crippen molar-refractivity contribution in [1.82, 2.24) is 0 Å². The summed E-state index contributed by atoms with van der Waals surface area (Å²) in [5.74, 6) is 4.79. The number of aliphatic hydroxyl groups is 1. The summed E-state index contributed by atoms with van der Waals surface area (Å²) in [7, 11) is 0. The first-order valence-electron chi connectivity index (χ1n) is 3.39. The van der Waals surface area contributed by atoms with Crippen LogP contribution in [0.1, 0.15) is 13.3 Å². The van der Waals surface area contributed by atoms with Crippen molar-refractivity contribution in [2.75, 3.05) is 19.8 Å². The van der Waals surface area contributed by atoms with Gasteiger partial charge in [-0.15, -0.1) is 0 Å². The van der Waals surface area contributed by atoms with E-state index in [1.807, 2.05) is 6.92 Å². The summed E-state index contributed by atoms with van der Waals surface area (Å²) in [5, 5.41) is 8.62. The van der Waals surface area contributed by atoms with Crippen molar-refractivity contribution < 1.29 is 14.7 Å². The Labute approximate surface area is 60.9 Å². The molecule has 0 aromatic carbocycles. The van der Waals surface area contributed by atoms with E-state index in [1.165, 1.54) is 0 Å². The molecular formula is C6H15NO3. The van der Waals surface area contributed by atoms with Crippen LogP contribution < -0.4 is 5.90 Å². The van der Waals surface area contributed by atoms with E-state index in [0.29, 0.717) is 6.61 Å². The third kappa shape index (κ3) is 4.69. The van der Waals surface area contributed by atoms with Crippen LogP contribution in [0.25, 0.3) is 0 Å². The Kier molecular flexibility index (Phi) is 6.84. The van der Waals surface area contributed by atoms with Gasteiger partial charge in [0.05, 0.1) is 13.2 Å². The van der Waals surface area contributed by atoms with Gasteiger partial charge in [0.1, 0.15) is 6.10 Å². The second-order valence-corrected chi connectivity index (χ2v) is 2.01. The highest BCUT2D eigenvalue weighted by atomic mass is 16.6. The molecule has 0 heterocycles. The van der Waals surface area contributed by atoms with E-state index in [2.05, 4.69) is 4.84 Å². The molecule has 0 amide bonds. The summed E-state index contributed by atoms with van der Waals surface area (Å²) < 4.78 is 5.13. The Hall–Kier alpha value is -0.160. The first-order chi connectivity index (χ1) is 4.85. The maximum Gasteiger partial charge on any atom is 0.106 e. The van der Waals surface area contributed by atoms with Crippen molar-refractivity contribution in [3.05, 3.63) is 0 Å². The van der Waals surface area contributed by atoms with Gasteiger partial charge in [-0.1, -0.05) is 6.92 Å². The van der Waals surface area contributed by atoms with Gasteiger partial charge in [0.15, 0.2) is 0 Å². The van der Waals surface area contributed by atoms with Crippen molar-refractivity contribution in [2.24, 2.45) is 5.90 Å². The van der Waals surface area contributed by atoms with Crippen LogP contribution in [-0.4, -0.2) is 31.0 Å². The van der Waals surface area contributed by atoms with Gasteiger partial charge in [-0.2, -0.15) is 0 Å². The van der Waals surface area contributed by atoms with E-state index in [0.717, 1.165) is 6.42 Å². The highest BCUT2D eigenvalue weighted by Crippen LogP contribution is 1.91. The van der Waals surface area contributed by atoms with Crippen LogP contribution in [-0.2, 0) is 9.57 Å². The second kappa shape index (κ2) is 6.95. The molecule has 0 spiro atoms. The van der Waals surface area contributed by atoms with Gasteiger partial charge in [-0.25, -0.2) is 5.90 Å². The molecule has 62 valence electrons. The van der Waals surface area contributed by atoms with Crippen LogP contribution in [0, 0.1) is 0 Å². The normalized spacial score (nSPS) is 13.5. The van der Waals surface area contributed by atoms with Crippen molar-refractivity contribution in [1.29, 1.82) is 0 Å². The smallest absolute Gasteiger partial charge is 0.106 e. The fraction of sp³-hybridized carbons (Fsp3) is 1.00. The Bertz CT molecular complexity index is 70.0. The first kappa shape index (κ1) is 9.84. The number of hydrogen-bond donors (Lipinski definition) is 2. The number of ether oxygens (including phenoxy) is 1. The molecule has 1 atom stereocenters. The Morgan fingerprint density at radius 3 is 2.70 bits per heavy atom. The zero-order chi connectivity index (χ0) is 7.82. The molecule has 0 aliphatic heterocycles. The minimum Gasteiger partial charge on any atom is -0.394 e. The third-order valence-corrected chi connectivity index (χ3v) is 1.04. The Morgan fingerprint density at radius 1 is 1.60 bits per heavy atom. The standard InChI is InChI=1S/C6H15NO3/c1-2-3-9-6(4-8)5-10-7/h6,8H,2-5,7H2,1H3. The lowest BCUT2D eigenvalue weighted by molar-refractivity contribution is -0.0427. The molecule has 0 radical (unpaired) electrons. The third-order valence-electron chi connectivity index (χ3n) is 1.04. The van der Waals surface area contributed by atoms with Crippen LogP contribution in [0.15, 0.2) is 0 Å². The van der Waals surface area contributed by atoms with Gasteiger partial charge >= 0.3 is 0 Å². The maximum absolute atomic E-state index is 8.62. The van der Waals surface area contributed by atoms with Crippen molar-refractivity contribution in [3.8, 4) is 0 Å². The minimum absolute atomic E-state index is 0.0444. The van der Waals surface area contributed by atoms with Gasteiger partial charge in [0.25, 0.3) is 0 Å². The summed E-state index contributed by atoms with van der Waals surface area (Å²) in [6.07, 6.45) is 0.658. The second-order valence-electron chi connectivity index (χ2n) is 2.01. The van der Waals surface area contributed by atoms with Crippen LogP contribution in [0.5, 0.6) is 0 Å². The lowest BCUT2D eigenvalue weighted by Crippen LogP contribution is -2.25. The predicted octanol–water partition coefficient (Wildman–Crippen LogP) is -0.336. The van der Waals surface area contributed by atoms with Crippen LogP contribution >= 0.6 is 0 Å². The molecule has 0 aromatic heterocycles. The number of rotatable bonds is 6. The van der Waals surface area contributed by atoms with E-state index in [9.17, 15) is 0 Å².